The monoisotopic (exact) mass is 349 g/mol. The van der Waals surface area contributed by atoms with Gasteiger partial charge >= 0.3 is 0 Å². The smallest absolute Gasteiger partial charge is 0.234 e. The van der Waals surface area contributed by atoms with Crippen LogP contribution in [0, 0.1) is 0 Å². The summed E-state index contributed by atoms with van der Waals surface area (Å²) in [6.07, 6.45) is 25.3. The Hall–Kier alpha value is -0.790. The number of aromatic nitrogens is 2. The van der Waals surface area contributed by atoms with Crippen molar-refractivity contribution in [2.75, 3.05) is 0 Å². The van der Waals surface area contributed by atoms with Crippen LogP contribution in [0.4, 0.5) is 0 Å². The zero-order valence-corrected chi connectivity index (χ0v) is 17.6. The molecule has 0 unspecified atom stereocenters. The maximum Gasteiger partial charge on any atom is 0.256 e. The molecule has 0 amide bonds. The molecule has 2 nitrogen and oxygen atoms in total. The molecule has 1 aromatic heterocycles. The molecule has 1 heterocycles. The standard InChI is InChI=1S/C23H45N2/c1-4-7-9-11-12-13-14-15-16-18-23-24(19-6-3)21-22-25(23)20-17-10-8-5-2/h21-22H,4-20H2,1-3H3/q+1. The first-order valence-electron chi connectivity index (χ1n) is 11.4. The van der Waals surface area contributed by atoms with Gasteiger partial charge in [0.1, 0.15) is 12.4 Å². The minimum absolute atomic E-state index is 1.18. The minimum atomic E-state index is 1.18. The second-order valence-electron chi connectivity index (χ2n) is 7.74. The lowest BCUT2D eigenvalue weighted by molar-refractivity contribution is -0.703. The molecule has 0 aliphatic carbocycles. The van der Waals surface area contributed by atoms with Crippen LogP contribution >= 0.6 is 0 Å². The SMILES string of the molecule is CCCCCCCCCCCc1n(CCCCCC)cc[n+]1CCC. The molecule has 0 saturated carbocycles. The molecule has 0 radical (unpaired) electrons. The molecule has 146 valence electrons. The Bertz CT molecular complexity index is 408. The molecule has 2 heteroatoms. The Morgan fingerprint density at radius 1 is 0.680 bits per heavy atom. The van der Waals surface area contributed by atoms with Gasteiger partial charge in [0.25, 0.3) is 5.82 Å². The van der Waals surface area contributed by atoms with Gasteiger partial charge in [-0.3, -0.25) is 0 Å². The highest BCUT2D eigenvalue weighted by molar-refractivity contribution is 4.84. The van der Waals surface area contributed by atoms with E-state index >= 15 is 0 Å². The Morgan fingerprint density at radius 2 is 1.24 bits per heavy atom. The van der Waals surface area contributed by atoms with Crippen LogP contribution in [-0.2, 0) is 19.5 Å². The van der Waals surface area contributed by atoms with E-state index in [1.54, 1.807) is 5.82 Å². The molecule has 0 saturated heterocycles. The Labute approximate surface area is 158 Å². The van der Waals surface area contributed by atoms with E-state index in [9.17, 15) is 0 Å². The first-order chi connectivity index (χ1) is 12.3. The van der Waals surface area contributed by atoms with E-state index in [0.717, 1.165) is 0 Å². The third-order valence-electron chi connectivity index (χ3n) is 5.31. The summed E-state index contributed by atoms with van der Waals surface area (Å²) in [5.41, 5.74) is 0. The van der Waals surface area contributed by atoms with Crippen molar-refractivity contribution in [3.05, 3.63) is 18.2 Å². The predicted octanol–water partition coefficient (Wildman–Crippen LogP) is 6.84. The maximum absolute atomic E-state index is 2.54. The van der Waals surface area contributed by atoms with Gasteiger partial charge in [-0.15, -0.1) is 0 Å². The highest BCUT2D eigenvalue weighted by atomic mass is 15.1. The third kappa shape index (κ3) is 10.1. The van der Waals surface area contributed by atoms with Gasteiger partial charge in [-0.25, -0.2) is 9.13 Å². The van der Waals surface area contributed by atoms with Crippen molar-refractivity contribution in [3.8, 4) is 0 Å². The quantitative estimate of drug-likeness (QED) is 0.215. The van der Waals surface area contributed by atoms with E-state index in [2.05, 4.69) is 42.3 Å². The zero-order valence-electron chi connectivity index (χ0n) is 17.6. The summed E-state index contributed by atoms with van der Waals surface area (Å²) in [5, 5.41) is 0. The number of rotatable bonds is 17. The van der Waals surface area contributed by atoms with Crippen molar-refractivity contribution in [2.45, 2.75) is 130 Å². The van der Waals surface area contributed by atoms with Gasteiger partial charge in [0.05, 0.1) is 13.1 Å². The first-order valence-corrected chi connectivity index (χ1v) is 11.4. The molecular formula is C23H45N2+. The molecule has 0 bridgehead atoms. The topological polar surface area (TPSA) is 8.81 Å². The number of nitrogens with zero attached hydrogens (tertiary/aromatic N) is 2. The molecule has 0 N–H and O–H groups in total. The van der Waals surface area contributed by atoms with Gasteiger partial charge in [0, 0.05) is 6.42 Å². The fraction of sp³-hybridized carbons (Fsp3) is 0.870. The normalized spacial score (nSPS) is 11.3. The third-order valence-corrected chi connectivity index (χ3v) is 5.31. The number of unbranched alkanes of at least 4 members (excludes halogenated alkanes) is 11. The molecule has 0 atom stereocenters. The second kappa shape index (κ2) is 15.5. The van der Waals surface area contributed by atoms with E-state index in [-0.39, 0.29) is 0 Å². The lowest BCUT2D eigenvalue weighted by Gasteiger charge is -2.06. The fourth-order valence-electron chi connectivity index (χ4n) is 3.74. The van der Waals surface area contributed by atoms with Crippen LogP contribution in [-0.4, -0.2) is 4.57 Å². The molecule has 25 heavy (non-hydrogen) atoms. The highest BCUT2D eigenvalue weighted by Crippen LogP contribution is 2.12. The van der Waals surface area contributed by atoms with Crippen LogP contribution in [0.5, 0.6) is 0 Å². The second-order valence-corrected chi connectivity index (χ2v) is 7.74. The van der Waals surface area contributed by atoms with E-state index in [1.807, 2.05) is 0 Å². The molecule has 0 spiro atoms. The van der Waals surface area contributed by atoms with E-state index < -0.39 is 0 Å². The summed E-state index contributed by atoms with van der Waals surface area (Å²) in [6, 6.07) is 0. The van der Waals surface area contributed by atoms with Crippen LogP contribution in [0.15, 0.2) is 12.4 Å². The maximum atomic E-state index is 2.54. The highest BCUT2D eigenvalue weighted by Gasteiger charge is 2.15. The van der Waals surface area contributed by atoms with Crippen molar-refractivity contribution < 1.29 is 4.57 Å². The molecule has 1 rings (SSSR count). The summed E-state index contributed by atoms with van der Waals surface area (Å²) in [4.78, 5) is 0. The molecule has 1 aromatic rings. The fourth-order valence-corrected chi connectivity index (χ4v) is 3.74. The summed E-state index contributed by atoms with van der Waals surface area (Å²) in [5.74, 6) is 1.57. The van der Waals surface area contributed by atoms with Crippen molar-refractivity contribution in [1.29, 1.82) is 0 Å². The van der Waals surface area contributed by atoms with E-state index in [0.29, 0.717) is 0 Å². The lowest BCUT2D eigenvalue weighted by atomic mass is 10.1. The van der Waals surface area contributed by atoms with Crippen LogP contribution in [0.25, 0.3) is 0 Å². The summed E-state index contributed by atoms with van der Waals surface area (Å²) >= 11 is 0. The molecule has 0 aromatic carbocycles. The molecular weight excluding hydrogens is 304 g/mol. The Morgan fingerprint density at radius 3 is 1.84 bits per heavy atom. The number of hydrogen-bond donors (Lipinski definition) is 0. The van der Waals surface area contributed by atoms with Crippen LogP contribution in [0.2, 0.25) is 0 Å². The summed E-state index contributed by atoms with van der Waals surface area (Å²) < 4.78 is 5.04. The van der Waals surface area contributed by atoms with Crippen molar-refractivity contribution in [3.63, 3.8) is 0 Å². The van der Waals surface area contributed by atoms with E-state index in [1.165, 1.54) is 109 Å². The Balaban J connectivity index is 2.28. The van der Waals surface area contributed by atoms with Crippen molar-refractivity contribution >= 4 is 0 Å². The number of aryl methyl sites for hydroxylation is 2. The van der Waals surface area contributed by atoms with Gasteiger partial charge in [-0.05, 0) is 25.7 Å². The first kappa shape index (κ1) is 22.3. The van der Waals surface area contributed by atoms with Gasteiger partial charge in [-0.2, -0.15) is 0 Å². The molecule has 0 fully saturated rings. The largest absolute Gasteiger partial charge is 0.256 e. The van der Waals surface area contributed by atoms with Crippen LogP contribution in [0.3, 0.4) is 0 Å². The minimum Gasteiger partial charge on any atom is -0.234 e. The van der Waals surface area contributed by atoms with Crippen molar-refractivity contribution in [1.82, 2.24) is 4.57 Å². The van der Waals surface area contributed by atoms with Gasteiger partial charge in [0.15, 0.2) is 0 Å². The molecule has 0 aliphatic heterocycles. The van der Waals surface area contributed by atoms with Gasteiger partial charge in [-0.1, -0.05) is 85.0 Å². The average Bonchev–Trinajstić information content (AvgIpc) is 2.99. The zero-order chi connectivity index (χ0) is 18.2. The summed E-state index contributed by atoms with van der Waals surface area (Å²) in [7, 11) is 0. The summed E-state index contributed by atoms with van der Waals surface area (Å²) in [6.45, 7) is 9.26. The van der Waals surface area contributed by atoms with Gasteiger partial charge < -0.3 is 0 Å². The van der Waals surface area contributed by atoms with Gasteiger partial charge in [0.2, 0.25) is 0 Å². The number of hydrogen-bond acceptors (Lipinski definition) is 0. The Kier molecular flexibility index (Phi) is 13.8. The van der Waals surface area contributed by atoms with Crippen LogP contribution in [0.1, 0.15) is 116 Å². The van der Waals surface area contributed by atoms with E-state index in [4.69, 9.17) is 0 Å². The number of imidazole rings is 1. The average molecular weight is 350 g/mol. The van der Waals surface area contributed by atoms with Crippen LogP contribution < -0.4 is 4.57 Å². The molecule has 0 aliphatic rings. The lowest BCUT2D eigenvalue weighted by Crippen LogP contribution is -2.37. The predicted molar refractivity (Wildman–Crippen MR) is 110 cm³/mol. The van der Waals surface area contributed by atoms with Crippen molar-refractivity contribution in [2.24, 2.45) is 0 Å².